The van der Waals surface area contributed by atoms with Crippen molar-refractivity contribution < 1.29 is 19.1 Å². The van der Waals surface area contributed by atoms with Crippen LogP contribution < -0.4 is 5.32 Å². The first-order chi connectivity index (χ1) is 7.95. The molecule has 0 fully saturated rings. The van der Waals surface area contributed by atoms with E-state index in [1.807, 2.05) is 0 Å². The van der Waals surface area contributed by atoms with Gasteiger partial charge in [-0.05, 0) is 19.1 Å². The number of benzene rings is 1. The van der Waals surface area contributed by atoms with E-state index in [9.17, 15) is 19.1 Å². The second-order valence-corrected chi connectivity index (χ2v) is 3.68. The van der Waals surface area contributed by atoms with Gasteiger partial charge in [0, 0.05) is 12.5 Å². The molecule has 0 spiro atoms. The van der Waals surface area contributed by atoms with Crippen LogP contribution in [-0.4, -0.2) is 22.8 Å². The van der Waals surface area contributed by atoms with Crippen molar-refractivity contribution in [1.29, 1.82) is 0 Å². The van der Waals surface area contributed by atoms with Gasteiger partial charge in [-0.15, -0.1) is 0 Å². The van der Waals surface area contributed by atoms with Crippen LogP contribution in [0.25, 0.3) is 0 Å². The Labute approximate surface area is 98.5 Å². The zero-order chi connectivity index (χ0) is 13.0. The zero-order valence-corrected chi connectivity index (χ0v) is 9.66. The molecule has 0 aliphatic rings. The zero-order valence-electron chi connectivity index (χ0n) is 9.66. The van der Waals surface area contributed by atoms with E-state index < -0.39 is 23.5 Å². The van der Waals surface area contributed by atoms with E-state index in [0.29, 0.717) is 6.42 Å². The highest BCUT2D eigenvalue weighted by atomic mass is 19.1. The van der Waals surface area contributed by atoms with Gasteiger partial charge in [0.25, 0.3) is 5.91 Å². The van der Waals surface area contributed by atoms with Gasteiger partial charge in [-0.25, -0.2) is 4.39 Å². The molecule has 92 valence electrons. The topological polar surface area (TPSA) is 66.4 Å². The standard InChI is InChI=1S/C12H14FNO3/c1-3-10(15)7(2)14-12(17)9-5-4-8(13)6-11(9)16/h4-7,16H,3H2,1-2H3,(H,14,17). The minimum absolute atomic E-state index is 0.0536. The van der Waals surface area contributed by atoms with E-state index in [4.69, 9.17) is 0 Å². The van der Waals surface area contributed by atoms with Gasteiger partial charge in [-0.2, -0.15) is 0 Å². The smallest absolute Gasteiger partial charge is 0.255 e. The van der Waals surface area contributed by atoms with Gasteiger partial charge in [0.2, 0.25) is 0 Å². The Bertz CT molecular complexity index is 445. The number of ketones is 1. The third-order valence-corrected chi connectivity index (χ3v) is 2.38. The van der Waals surface area contributed by atoms with Crippen LogP contribution in [0.5, 0.6) is 5.75 Å². The Hall–Kier alpha value is -1.91. The van der Waals surface area contributed by atoms with Gasteiger partial charge in [0.15, 0.2) is 5.78 Å². The summed E-state index contributed by atoms with van der Waals surface area (Å²) in [5, 5.41) is 11.8. The van der Waals surface area contributed by atoms with Crippen LogP contribution in [0.15, 0.2) is 18.2 Å². The Morgan fingerprint density at radius 3 is 2.65 bits per heavy atom. The van der Waals surface area contributed by atoms with Crippen LogP contribution in [0, 0.1) is 5.82 Å². The summed E-state index contributed by atoms with van der Waals surface area (Å²) in [6, 6.07) is 2.46. The summed E-state index contributed by atoms with van der Waals surface area (Å²) in [7, 11) is 0. The number of halogens is 1. The second-order valence-electron chi connectivity index (χ2n) is 3.68. The summed E-state index contributed by atoms with van der Waals surface area (Å²) in [6.07, 6.45) is 0.316. The average molecular weight is 239 g/mol. The highest BCUT2D eigenvalue weighted by Crippen LogP contribution is 2.17. The molecule has 0 aliphatic carbocycles. The first-order valence-electron chi connectivity index (χ1n) is 5.27. The minimum atomic E-state index is -0.628. The van der Waals surface area contributed by atoms with Crippen molar-refractivity contribution in [2.75, 3.05) is 0 Å². The highest BCUT2D eigenvalue weighted by Gasteiger charge is 2.17. The van der Waals surface area contributed by atoms with Crippen LogP contribution in [-0.2, 0) is 4.79 Å². The first kappa shape index (κ1) is 13.2. The van der Waals surface area contributed by atoms with Crippen LogP contribution in [0.2, 0.25) is 0 Å². The number of Topliss-reactive ketones (excluding diaryl/α,β-unsaturated/α-hetero) is 1. The number of nitrogens with one attached hydrogen (secondary N) is 1. The molecule has 0 radical (unpaired) electrons. The lowest BCUT2D eigenvalue weighted by Crippen LogP contribution is -2.38. The predicted molar refractivity (Wildman–Crippen MR) is 60.3 cm³/mol. The lowest BCUT2D eigenvalue weighted by Gasteiger charge is -2.12. The summed E-state index contributed by atoms with van der Waals surface area (Å²) >= 11 is 0. The van der Waals surface area contributed by atoms with E-state index in [1.54, 1.807) is 13.8 Å². The molecule has 1 aromatic carbocycles. The summed E-state index contributed by atoms with van der Waals surface area (Å²) in [5.74, 6) is -1.79. The predicted octanol–water partition coefficient (Wildman–Crippen LogP) is 1.63. The molecule has 1 aromatic rings. The van der Waals surface area contributed by atoms with Crippen LogP contribution in [0.4, 0.5) is 4.39 Å². The number of rotatable bonds is 4. The van der Waals surface area contributed by atoms with Gasteiger partial charge in [-0.3, -0.25) is 9.59 Å². The third-order valence-electron chi connectivity index (χ3n) is 2.38. The minimum Gasteiger partial charge on any atom is -0.507 e. The summed E-state index contributed by atoms with van der Waals surface area (Å²) in [4.78, 5) is 22.9. The van der Waals surface area contributed by atoms with Crippen LogP contribution >= 0.6 is 0 Å². The molecule has 0 aliphatic heterocycles. The lowest BCUT2D eigenvalue weighted by atomic mass is 10.1. The van der Waals surface area contributed by atoms with E-state index in [0.717, 1.165) is 12.1 Å². The molecular weight excluding hydrogens is 225 g/mol. The fourth-order valence-electron chi connectivity index (χ4n) is 1.36. The van der Waals surface area contributed by atoms with Crippen molar-refractivity contribution in [3.8, 4) is 5.75 Å². The molecule has 5 heteroatoms. The number of carbonyl (C=O) groups excluding carboxylic acids is 2. The summed E-state index contributed by atoms with van der Waals surface area (Å²) in [6.45, 7) is 3.25. The van der Waals surface area contributed by atoms with E-state index in [2.05, 4.69) is 5.32 Å². The molecule has 1 amide bonds. The van der Waals surface area contributed by atoms with Crippen molar-refractivity contribution in [2.24, 2.45) is 0 Å². The number of amides is 1. The number of aromatic hydroxyl groups is 1. The van der Waals surface area contributed by atoms with Crippen molar-refractivity contribution in [3.63, 3.8) is 0 Å². The Morgan fingerprint density at radius 2 is 2.12 bits per heavy atom. The van der Waals surface area contributed by atoms with Gasteiger partial charge in [0.05, 0.1) is 11.6 Å². The normalized spacial score (nSPS) is 11.9. The van der Waals surface area contributed by atoms with Gasteiger partial charge < -0.3 is 10.4 Å². The molecule has 1 atom stereocenters. The SMILES string of the molecule is CCC(=O)C(C)NC(=O)c1ccc(F)cc1O. The molecule has 1 unspecified atom stereocenters. The average Bonchev–Trinajstić information content (AvgIpc) is 2.27. The third kappa shape index (κ3) is 3.27. The number of hydrogen-bond acceptors (Lipinski definition) is 3. The Kier molecular flexibility index (Phi) is 4.20. The van der Waals surface area contributed by atoms with Crippen molar-refractivity contribution >= 4 is 11.7 Å². The number of carbonyl (C=O) groups is 2. The number of phenols is 1. The Morgan fingerprint density at radius 1 is 1.47 bits per heavy atom. The number of phenolic OH excluding ortho intramolecular Hbond substituents is 1. The maximum absolute atomic E-state index is 12.7. The first-order valence-corrected chi connectivity index (χ1v) is 5.27. The fourth-order valence-corrected chi connectivity index (χ4v) is 1.36. The molecule has 4 nitrogen and oxygen atoms in total. The lowest BCUT2D eigenvalue weighted by molar-refractivity contribution is -0.120. The maximum Gasteiger partial charge on any atom is 0.255 e. The molecular formula is C12H14FNO3. The summed E-state index contributed by atoms with van der Waals surface area (Å²) < 4.78 is 12.7. The Balaban J connectivity index is 2.80. The fraction of sp³-hybridized carbons (Fsp3) is 0.333. The molecule has 1 rings (SSSR count). The van der Waals surface area contributed by atoms with Crippen molar-refractivity contribution in [3.05, 3.63) is 29.6 Å². The van der Waals surface area contributed by atoms with Crippen LogP contribution in [0.3, 0.4) is 0 Å². The van der Waals surface area contributed by atoms with Gasteiger partial charge in [-0.1, -0.05) is 6.92 Å². The second kappa shape index (κ2) is 5.43. The number of hydrogen-bond donors (Lipinski definition) is 2. The molecule has 0 heterocycles. The van der Waals surface area contributed by atoms with E-state index in [1.165, 1.54) is 6.07 Å². The summed E-state index contributed by atoms with van der Waals surface area (Å²) in [5.41, 5.74) is -0.0536. The van der Waals surface area contributed by atoms with Crippen molar-refractivity contribution in [2.45, 2.75) is 26.3 Å². The van der Waals surface area contributed by atoms with Crippen LogP contribution in [0.1, 0.15) is 30.6 Å². The maximum atomic E-state index is 12.7. The molecule has 0 saturated heterocycles. The van der Waals surface area contributed by atoms with Gasteiger partial charge in [0.1, 0.15) is 11.6 Å². The van der Waals surface area contributed by atoms with E-state index in [-0.39, 0.29) is 11.3 Å². The highest BCUT2D eigenvalue weighted by molar-refractivity contribution is 5.99. The quantitative estimate of drug-likeness (QED) is 0.839. The molecule has 0 saturated carbocycles. The molecule has 0 bridgehead atoms. The molecule has 17 heavy (non-hydrogen) atoms. The monoisotopic (exact) mass is 239 g/mol. The van der Waals surface area contributed by atoms with E-state index >= 15 is 0 Å². The van der Waals surface area contributed by atoms with Gasteiger partial charge >= 0.3 is 0 Å². The molecule has 0 aromatic heterocycles. The van der Waals surface area contributed by atoms with Crippen molar-refractivity contribution in [1.82, 2.24) is 5.32 Å². The largest absolute Gasteiger partial charge is 0.507 e. The molecule has 2 N–H and O–H groups in total.